The van der Waals surface area contributed by atoms with Crippen molar-refractivity contribution in [1.29, 1.82) is 0 Å². The van der Waals surface area contributed by atoms with E-state index in [0.29, 0.717) is 44.0 Å². The molecule has 0 saturated carbocycles. The molecule has 0 aromatic heterocycles. The van der Waals surface area contributed by atoms with E-state index >= 15 is 0 Å². The Bertz CT molecular complexity index is 677. The fourth-order valence-electron chi connectivity index (χ4n) is 4.18. The molecule has 2 aliphatic rings. The van der Waals surface area contributed by atoms with Crippen LogP contribution in [0.5, 0.6) is 11.5 Å². The lowest BCUT2D eigenvalue weighted by Crippen LogP contribution is -2.64. The second kappa shape index (κ2) is 7.79. The van der Waals surface area contributed by atoms with Crippen LogP contribution in [0, 0.1) is 0 Å². The van der Waals surface area contributed by atoms with Crippen molar-refractivity contribution in [2.24, 2.45) is 0 Å². The van der Waals surface area contributed by atoms with Gasteiger partial charge in [0.05, 0.1) is 45.1 Å². The molecule has 1 aromatic rings. The number of carbonyl (C=O) groups is 1. The molecule has 0 spiro atoms. The number of rotatable bonds is 4. The molecule has 2 bridgehead atoms. The van der Waals surface area contributed by atoms with Crippen LogP contribution in [0.1, 0.15) is 39.2 Å². The maximum absolute atomic E-state index is 12.7. The van der Waals surface area contributed by atoms with E-state index in [-0.39, 0.29) is 18.2 Å². The number of benzene rings is 1. The fraction of sp³-hybridized carbons (Fsp3) is 0.667. The van der Waals surface area contributed by atoms with Gasteiger partial charge in [0.15, 0.2) is 0 Å². The van der Waals surface area contributed by atoms with Crippen LogP contribution in [-0.4, -0.2) is 66.8 Å². The second-order valence-electron chi connectivity index (χ2n) is 8.76. The monoisotopic (exact) mass is 393 g/mol. The number of amides is 1. The molecule has 3 rings (SSSR count). The van der Waals surface area contributed by atoms with Crippen LogP contribution >= 0.6 is 0 Å². The van der Waals surface area contributed by atoms with E-state index < -0.39 is 11.2 Å². The summed E-state index contributed by atoms with van der Waals surface area (Å²) in [5.74, 6) is 1.38. The van der Waals surface area contributed by atoms with Gasteiger partial charge in [-0.1, -0.05) is 0 Å². The summed E-state index contributed by atoms with van der Waals surface area (Å²) in [5.41, 5.74) is -0.560. The number of fused-ring (bicyclic) bond motifs is 2. The molecule has 1 N–H and O–H groups in total. The Balaban J connectivity index is 1.78. The highest BCUT2D eigenvalue weighted by atomic mass is 16.6. The van der Waals surface area contributed by atoms with E-state index in [1.807, 2.05) is 32.9 Å². The minimum atomic E-state index is -0.936. The number of piperidine rings is 1. The molecule has 1 aromatic carbocycles. The van der Waals surface area contributed by atoms with Gasteiger partial charge in [-0.15, -0.1) is 0 Å². The number of carbonyl (C=O) groups excluding carboxylic acids is 1. The van der Waals surface area contributed by atoms with Crippen molar-refractivity contribution in [3.8, 4) is 11.5 Å². The number of nitrogens with zero attached hydrogens (tertiary/aromatic N) is 1. The lowest BCUT2D eigenvalue weighted by Gasteiger charge is -2.51. The number of morpholine rings is 1. The maximum Gasteiger partial charge on any atom is 0.410 e. The molecule has 2 fully saturated rings. The molecule has 1 amide bonds. The lowest BCUT2D eigenvalue weighted by atomic mass is 9.77. The molecule has 28 heavy (non-hydrogen) atoms. The molecular weight excluding hydrogens is 362 g/mol. The molecular formula is C21H31NO6. The maximum atomic E-state index is 12.7. The molecule has 7 nitrogen and oxygen atoms in total. The number of hydrogen-bond acceptors (Lipinski definition) is 6. The number of ether oxygens (including phenoxy) is 4. The van der Waals surface area contributed by atoms with E-state index in [2.05, 4.69) is 0 Å². The van der Waals surface area contributed by atoms with Crippen LogP contribution in [0.4, 0.5) is 4.79 Å². The van der Waals surface area contributed by atoms with E-state index in [4.69, 9.17) is 18.9 Å². The summed E-state index contributed by atoms with van der Waals surface area (Å²) in [7, 11) is 3.21. The molecule has 2 saturated heterocycles. The van der Waals surface area contributed by atoms with Crippen molar-refractivity contribution in [3.63, 3.8) is 0 Å². The molecule has 2 unspecified atom stereocenters. The standard InChI is InChI=1S/C21H31NO6/c1-20(2,3)28-19(23)22-15-10-21(24,11-16(22)13-27-12-15)9-14-6-17(25-4)8-18(7-14)26-5/h6-8,15-16,24H,9-13H2,1-5H3. The molecule has 0 aliphatic carbocycles. The normalized spacial score (nSPS) is 27.3. The molecule has 2 heterocycles. The highest BCUT2D eigenvalue weighted by molar-refractivity contribution is 5.69. The van der Waals surface area contributed by atoms with E-state index in [1.165, 1.54) is 0 Å². The van der Waals surface area contributed by atoms with Gasteiger partial charge in [-0.05, 0) is 51.3 Å². The van der Waals surface area contributed by atoms with E-state index in [9.17, 15) is 9.90 Å². The van der Waals surface area contributed by atoms with Gasteiger partial charge in [0, 0.05) is 12.5 Å². The summed E-state index contributed by atoms with van der Waals surface area (Å²) in [6, 6.07) is 5.21. The van der Waals surface area contributed by atoms with Gasteiger partial charge in [-0.3, -0.25) is 4.90 Å². The predicted octanol–water partition coefficient (Wildman–Crippen LogP) is 2.78. The van der Waals surface area contributed by atoms with Crippen LogP contribution in [0.2, 0.25) is 0 Å². The zero-order valence-electron chi connectivity index (χ0n) is 17.4. The van der Waals surface area contributed by atoms with Crippen molar-refractivity contribution in [1.82, 2.24) is 4.90 Å². The highest BCUT2D eigenvalue weighted by Crippen LogP contribution is 2.38. The lowest BCUT2D eigenvalue weighted by molar-refractivity contribution is -0.137. The highest BCUT2D eigenvalue weighted by Gasteiger charge is 2.49. The SMILES string of the molecule is COc1cc(CC2(O)CC3COCC(C2)N3C(=O)OC(C)(C)C)cc(OC)c1. The number of hydrogen-bond donors (Lipinski definition) is 1. The summed E-state index contributed by atoms with van der Waals surface area (Å²) in [4.78, 5) is 14.5. The first-order valence-corrected chi connectivity index (χ1v) is 9.66. The predicted molar refractivity (Wildman–Crippen MR) is 104 cm³/mol. The first-order chi connectivity index (χ1) is 13.1. The Kier molecular flexibility index (Phi) is 5.77. The third kappa shape index (κ3) is 4.70. The first-order valence-electron chi connectivity index (χ1n) is 9.66. The van der Waals surface area contributed by atoms with Crippen LogP contribution in [0.3, 0.4) is 0 Å². The Morgan fingerprint density at radius 3 is 2.14 bits per heavy atom. The summed E-state index contributed by atoms with van der Waals surface area (Å²) < 4.78 is 21.9. The van der Waals surface area contributed by atoms with Gasteiger partial charge in [-0.25, -0.2) is 4.79 Å². The average Bonchev–Trinajstić information content (AvgIpc) is 2.58. The molecule has 2 aliphatic heterocycles. The Labute approximate surface area is 166 Å². The summed E-state index contributed by atoms with van der Waals surface area (Å²) in [6.45, 7) is 6.37. The van der Waals surface area contributed by atoms with Crippen LogP contribution in [0.15, 0.2) is 18.2 Å². The quantitative estimate of drug-likeness (QED) is 0.848. The van der Waals surface area contributed by atoms with Crippen molar-refractivity contribution in [2.45, 2.75) is 63.3 Å². The Morgan fingerprint density at radius 2 is 1.68 bits per heavy atom. The van der Waals surface area contributed by atoms with E-state index in [0.717, 1.165) is 5.56 Å². The smallest absolute Gasteiger partial charge is 0.410 e. The molecule has 156 valence electrons. The Morgan fingerprint density at radius 1 is 1.14 bits per heavy atom. The van der Waals surface area contributed by atoms with Crippen molar-refractivity contribution >= 4 is 6.09 Å². The number of aliphatic hydroxyl groups is 1. The summed E-state index contributed by atoms with van der Waals surface area (Å²) >= 11 is 0. The second-order valence-corrected chi connectivity index (χ2v) is 8.76. The van der Waals surface area contributed by atoms with Gasteiger partial charge < -0.3 is 24.1 Å². The van der Waals surface area contributed by atoms with Gasteiger partial charge >= 0.3 is 6.09 Å². The molecule has 0 radical (unpaired) electrons. The Hall–Kier alpha value is -1.99. The van der Waals surface area contributed by atoms with Gasteiger partial charge in [0.1, 0.15) is 17.1 Å². The molecule has 2 atom stereocenters. The third-order valence-corrected chi connectivity index (χ3v) is 5.19. The zero-order chi connectivity index (χ0) is 20.5. The average molecular weight is 393 g/mol. The molecule has 7 heteroatoms. The fourth-order valence-corrected chi connectivity index (χ4v) is 4.18. The topological polar surface area (TPSA) is 77.5 Å². The summed E-state index contributed by atoms with van der Waals surface area (Å²) in [6.07, 6.45) is 0.983. The van der Waals surface area contributed by atoms with Crippen LogP contribution in [0.25, 0.3) is 0 Å². The van der Waals surface area contributed by atoms with E-state index in [1.54, 1.807) is 25.2 Å². The van der Waals surface area contributed by atoms with Gasteiger partial charge in [-0.2, -0.15) is 0 Å². The minimum Gasteiger partial charge on any atom is -0.497 e. The summed E-state index contributed by atoms with van der Waals surface area (Å²) in [5, 5.41) is 11.4. The zero-order valence-corrected chi connectivity index (χ0v) is 17.4. The largest absolute Gasteiger partial charge is 0.497 e. The van der Waals surface area contributed by atoms with Gasteiger partial charge in [0.25, 0.3) is 0 Å². The minimum absolute atomic E-state index is 0.208. The van der Waals surface area contributed by atoms with Crippen LogP contribution in [-0.2, 0) is 15.9 Å². The first kappa shape index (κ1) is 20.7. The number of methoxy groups -OCH3 is 2. The van der Waals surface area contributed by atoms with Crippen LogP contribution < -0.4 is 9.47 Å². The van der Waals surface area contributed by atoms with Gasteiger partial charge in [0.2, 0.25) is 0 Å². The van der Waals surface area contributed by atoms with Crippen molar-refractivity contribution in [2.75, 3.05) is 27.4 Å². The van der Waals surface area contributed by atoms with Crippen molar-refractivity contribution < 1.29 is 28.8 Å². The third-order valence-electron chi connectivity index (χ3n) is 5.19. The van der Waals surface area contributed by atoms with Crippen molar-refractivity contribution in [3.05, 3.63) is 23.8 Å².